The maximum atomic E-state index is 13.0. The summed E-state index contributed by atoms with van der Waals surface area (Å²) in [4.78, 5) is 26.7. The summed E-state index contributed by atoms with van der Waals surface area (Å²) in [6.07, 6.45) is 0.0253. The van der Waals surface area contributed by atoms with E-state index in [0.29, 0.717) is 17.9 Å². The van der Waals surface area contributed by atoms with Gasteiger partial charge in [-0.05, 0) is 57.7 Å². The Morgan fingerprint density at radius 1 is 1.20 bits per heavy atom. The Hall–Kier alpha value is -2.30. The van der Waals surface area contributed by atoms with E-state index in [1.165, 1.54) is 0 Å². The molecule has 1 aliphatic rings. The van der Waals surface area contributed by atoms with Gasteiger partial charge in [-0.15, -0.1) is 0 Å². The number of amides is 1. The van der Waals surface area contributed by atoms with Gasteiger partial charge < -0.3 is 14.4 Å². The van der Waals surface area contributed by atoms with Crippen LogP contribution in [0.1, 0.15) is 49.9 Å². The standard InChI is InChI=1S/C20H27NO4/c1-7-15-11-12(4)10-13(5)16(15)17-18(25-20(23)24-9-3)14(6)21(8-2)19(17)22/h10-11,14H,7-9H2,1-6H3. The van der Waals surface area contributed by atoms with Gasteiger partial charge in [-0.2, -0.15) is 0 Å². The van der Waals surface area contributed by atoms with Gasteiger partial charge in [0, 0.05) is 6.54 Å². The van der Waals surface area contributed by atoms with Gasteiger partial charge in [0.05, 0.1) is 18.2 Å². The fraction of sp³-hybridized carbons (Fsp3) is 0.500. The fourth-order valence-electron chi connectivity index (χ4n) is 3.49. The van der Waals surface area contributed by atoms with E-state index in [2.05, 4.69) is 19.1 Å². The minimum atomic E-state index is -0.768. The first kappa shape index (κ1) is 19.0. The Morgan fingerprint density at radius 3 is 2.44 bits per heavy atom. The molecule has 0 bridgehead atoms. The van der Waals surface area contributed by atoms with Gasteiger partial charge in [-0.3, -0.25) is 4.79 Å². The average Bonchev–Trinajstić information content (AvgIpc) is 2.77. The topological polar surface area (TPSA) is 55.8 Å². The molecule has 0 N–H and O–H groups in total. The third-order valence-electron chi connectivity index (χ3n) is 4.56. The number of ether oxygens (including phenoxy) is 2. The van der Waals surface area contributed by atoms with Crippen LogP contribution in [0, 0.1) is 13.8 Å². The van der Waals surface area contributed by atoms with Crippen LogP contribution in [-0.2, 0) is 20.7 Å². The van der Waals surface area contributed by atoms with Crippen LogP contribution < -0.4 is 0 Å². The van der Waals surface area contributed by atoms with Gasteiger partial charge in [0.15, 0.2) is 0 Å². The van der Waals surface area contributed by atoms with Crippen LogP contribution in [0.4, 0.5) is 4.79 Å². The number of nitrogens with zero attached hydrogens (tertiary/aromatic N) is 1. The Labute approximate surface area is 149 Å². The van der Waals surface area contributed by atoms with E-state index >= 15 is 0 Å². The number of aryl methyl sites for hydroxylation is 3. The Morgan fingerprint density at radius 2 is 1.88 bits per heavy atom. The van der Waals surface area contributed by atoms with Gasteiger partial charge in [0.2, 0.25) is 0 Å². The average molecular weight is 345 g/mol. The van der Waals surface area contributed by atoms with Crippen molar-refractivity contribution in [2.24, 2.45) is 0 Å². The van der Waals surface area contributed by atoms with E-state index in [1.54, 1.807) is 11.8 Å². The lowest BCUT2D eigenvalue weighted by Crippen LogP contribution is -2.34. The van der Waals surface area contributed by atoms with Crippen molar-refractivity contribution in [3.05, 3.63) is 40.1 Å². The highest BCUT2D eigenvalue weighted by Crippen LogP contribution is 2.37. The maximum absolute atomic E-state index is 13.0. The first-order valence-electron chi connectivity index (χ1n) is 8.85. The van der Waals surface area contributed by atoms with Crippen LogP contribution in [0.3, 0.4) is 0 Å². The summed E-state index contributed by atoms with van der Waals surface area (Å²) in [6.45, 7) is 12.4. The first-order chi connectivity index (χ1) is 11.8. The van der Waals surface area contributed by atoms with Crippen molar-refractivity contribution in [1.82, 2.24) is 4.90 Å². The third-order valence-corrected chi connectivity index (χ3v) is 4.56. The minimum absolute atomic E-state index is 0.101. The molecular formula is C20H27NO4. The van der Waals surface area contributed by atoms with E-state index in [-0.39, 0.29) is 18.6 Å². The highest BCUT2D eigenvalue weighted by molar-refractivity contribution is 6.23. The predicted molar refractivity (Wildman–Crippen MR) is 97.2 cm³/mol. The van der Waals surface area contributed by atoms with Crippen molar-refractivity contribution in [3.63, 3.8) is 0 Å². The molecule has 0 fully saturated rings. The molecule has 5 heteroatoms. The van der Waals surface area contributed by atoms with Gasteiger partial charge >= 0.3 is 6.16 Å². The smallest absolute Gasteiger partial charge is 0.434 e. The van der Waals surface area contributed by atoms with Crippen LogP contribution in [-0.4, -0.2) is 36.2 Å². The van der Waals surface area contributed by atoms with Crippen LogP contribution in [0.15, 0.2) is 17.9 Å². The molecule has 1 heterocycles. The maximum Gasteiger partial charge on any atom is 0.513 e. The molecule has 1 aromatic carbocycles. The second-order valence-corrected chi connectivity index (χ2v) is 6.26. The lowest BCUT2D eigenvalue weighted by atomic mass is 9.91. The van der Waals surface area contributed by atoms with Crippen molar-refractivity contribution < 1.29 is 19.1 Å². The van der Waals surface area contributed by atoms with Crippen molar-refractivity contribution in [3.8, 4) is 0 Å². The van der Waals surface area contributed by atoms with Gasteiger partial charge in [-0.1, -0.05) is 24.6 Å². The van der Waals surface area contributed by atoms with E-state index in [1.807, 2.05) is 27.7 Å². The first-order valence-corrected chi connectivity index (χ1v) is 8.85. The molecule has 1 amide bonds. The van der Waals surface area contributed by atoms with Crippen LogP contribution in [0.2, 0.25) is 0 Å². The summed E-state index contributed by atoms with van der Waals surface area (Å²) in [5.74, 6) is 0.280. The summed E-state index contributed by atoms with van der Waals surface area (Å²) in [5, 5.41) is 0. The van der Waals surface area contributed by atoms with E-state index in [4.69, 9.17) is 9.47 Å². The van der Waals surface area contributed by atoms with Crippen molar-refractivity contribution >= 4 is 17.6 Å². The van der Waals surface area contributed by atoms with Gasteiger partial charge in [0.1, 0.15) is 5.76 Å². The van der Waals surface area contributed by atoms with Crippen molar-refractivity contribution in [2.45, 2.75) is 54.0 Å². The number of carbonyl (C=O) groups is 2. The monoisotopic (exact) mass is 345 g/mol. The zero-order valence-electron chi connectivity index (χ0n) is 15.9. The summed E-state index contributed by atoms with van der Waals surface area (Å²) in [7, 11) is 0. The zero-order valence-corrected chi connectivity index (χ0v) is 15.9. The van der Waals surface area contributed by atoms with Crippen molar-refractivity contribution in [2.75, 3.05) is 13.2 Å². The third kappa shape index (κ3) is 3.55. The molecule has 0 spiro atoms. The largest absolute Gasteiger partial charge is 0.513 e. The second-order valence-electron chi connectivity index (χ2n) is 6.26. The summed E-state index contributed by atoms with van der Waals surface area (Å²) >= 11 is 0. The lowest BCUT2D eigenvalue weighted by Gasteiger charge is -2.21. The normalized spacial score (nSPS) is 17.3. The Bertz CT molecular complexity index is 721. The Balaban J connectivity index is 2.65. The highest BCUT2D eigenvalue weighted by atomic mass is 16.7. The van der Waals surface area contributed by atoms with Crippen LogP contribution in [0.5, 0.6) is 0 Å². The van der Waals surface area contributed by atoms with Crippen LogP contribution >= 0.6 is 0 Å². The molecule has 0 aromatic heterocycles. The molecule has 25 heavy (non-hydrogen) atoms. The molecular weight excluding hydrogens is 318 g/mol. The molecule has 1 aliphatic heterocycles. The fourth-order valence-corrected chi connectivity index (χ4v) is 3.49. The highest BCUT2D eigenvalue weighted by Gasteiger charge is 2.40. The molecule has 5 nitrogen and oxygen atoms in total. The Kier molecular flexibility index (Phi) is 5.88. The second kappa shape index (κ2) is 7.72. The van der Waals surface area contributed by atoms with E-state index < -0.39 is 6.16 Å². The predicted octanol–water partition coefficient (Wildman–Crippen LogP) is 4.00. The zero-order chi connectivity index (χ0) is 18.7. The SMILES string of the molecule is CCOC(=O)OC1=C(c2c(C)cc(C)cc2CC)C(=O)N(CC)C1C. The molecule has 1 atom stereocenters. The molecule has 2 rings (SSSR count). The summed E-state index contributed by atoms with van der Waals surface area (Å²) < 4.78 is 10.4. The summed E-state index contributed by atoms with van der Waals surface area (Å²) in [6, 6.07) is 3.84. The molecule has 0 saturated carbocycles. The minimum Gasteiger partial charge on any atom is -0.434 e. The molecule has 1 unspecified atom stereocenters. The lowest BCUT2D eigenvalue weighted by molar-refractivity contribution is -0.124. The van der Waals surface area contributed by atoms with Gasteiger partial charge in [-0.25, -0.2) is 4.79 Å². The van der Waals surface area contributed by atoms with Crippen LogP contribution in [0.25, 0.3) is 5.57 Å². The number of hydrogen-bond acceptors (Lipinski definition) is 4. The number of benzene rings is 1. The van der Waals surface area contributed by atoms with E-state index in [9.17, 15) is 9.59 Å². The molecule has 0 saturated heterocycles. The number of likely N-dealkylation sites (N-methyl/N-ethyl adjacent to an activating group) is 1. The number of rotatable bonds is 5. The number of hydrogen-bond donors (Lipinski definition) is 0. The van der Waals surface area contributed by atoms with Gasteiger partial charge in [0.25, 0.3) is 5.91 Å². The molecule has 0 radical (unpaired) electrons. The van der Waals surface area contributed by atoms with E-state index in [0.717, 1.165) is 28.7 Å². The molecule has 136 valence electrons. The summed E-state index contributed by atoms with van der Waals surface area (Å²) in [5.41, 5.74) is 4.60. The quantitative estimate of drug-likeness (QED) is 0.757. The number of carbonyl (C=O) groups excluding carboxylic acids is 2. The molecule has 0 aliphatic carbocycles. The van der Waals surface area contributed by atoms with Crippen molar-refractivity contribution in [1.29, 1.82) is 0 Å². The molecule has 1 aromatic rings.